The zero-order chi connectivity index (χ0) is 19.7. The molecule has 144 valence electrons. The van der Waals surface area contributed by atoms with Gasteiger partial charge in [-0.25, -0.2) is 9.18 Å². The van der Waals surface area contributed by atoms with E-state index >= 15 is 0 Å². The fraction of sp³-hybridized carbons (Fsp3) is 0.353. The highest BCUT2D eigenvalue weighted by Gasteiger charge is 2.28. The van der Waals surface area contributed by atoms with Crippen LogP contribution in [-0.4, -0.2) is 39.6 Å². The van der Waals surface area contributed by atoms with Gasteiger partial charge in [-0.2, -0.15) is 0 Å². The van der Waals surface area contributed by atoms with Crippen molar-refractivity contribution in [2.45, 2.75) is 12.6 Å². The molecule has 0 N–H and O–H groups in total. The number of benzene rings is 1. The van der Waals surface area contributed by atoms with Crippen molar-refractivity contribution in [3.63, 3.8) is 0 Å². The molecule has 1 amide bonds. The molecule has 1 aliphatic rings. The van der Waals surface area contributed by atoms with Crippen molar-refractivity contribution in [1.82, 2.24) is 14.0 Å². The second kappa shape index (κ2) is 7.84. The predicted octanol–water partition coefficient (Wildman–Crippen LogP) is 1.59. The summed E-state index contributed by atoms with van der Waals surface area (Å²) in [6.07, 6.45) is 0.671. The Morgan fingerprint density at radius 1 is 1.30 bits per heavy atom. The molecule has 0 spiro atoms. The van der Waals surface area contributed by atoms with Crippen LogP contribution in [0.2, 0.25) is 10.0 Å². The molecule has 7 nitrogen and oxygen atoms in total. The lowest BCUT2D eigenvalue weighted by Gasteiger charge is -2.33. The summed E-state index contributed by atoms with van der Waals surface area (Å²) in [5.41, 5.74) is -0.631. The maximum absolute atomic E-state index is 13.8. The first-order valence-electron chi connectivity index (χ1n) is 8.08. The quantitative estimate of drug-likeness (QED) is 0.713. The number of carbonyl (C=O) groups excluding carboxylic acids is 1. The molecule has 2 heterocycles. The molecule has 0 saturated carbocycles. The largest absolute Gasteiger partial charge is 0.370 e. The van der Waals surface area contributed by atoms with E-state index in [1.165, 1.54) is 36.3 Å². The maximum Gasteiger partial charge on any atom is 0.331 e. The first-order chi connectivity index (χ1) is 12.8. The van der Waals surface area contributed by atoms with Gasteiger partial charge in [0.1, 0.15) is 18.5 Å². The molecule has 0 aliphatic carbocycles. The molecule has 1 unspecified atom stereocenters. The van der Waals surface area contributed by atoms with Gasteiger partial charge >= 0.3 is 5.69 Å². The van der Waals surface area contributed by atoms with Gasteiger partial charge in [-0.1, -0.05) is 23.2 Å². The van der Waals surface area contributed by atoms with Crippen LogP contribution in [0.15, 0.2) is 34.0 Å². The number of amides is 1. The first kappa shape index (κ1) is 19.6. The van der Waals surface area contributed by atoms with Gasteiger partial charge < -0.3 is 9.64 Å². The Balaban J connectivity index is 1.77. The minimum Gasteiger partial charge on any atom is -0.370 e. The second-order valence-corrected chi connectivity index (χ2v) is 6.92. The first-order valence-corrected chi connectivity index (χ1v) is 8.84. The van der Waals surface area contributed by atoms with Crippen LogP contribution in [0.3, 0.4) is 0 Å². The molecule has 2 aromatic rings. The van der Waals surface area contributed by atoms with E-state index in [0.717, 1.165) is 9.13 Å². The molecule has 0 bridgehead atoms. The number of morpholine rings is 1. The third-order valence-electron chi connectivity index (χ3n) is 4.37. The highest BCUT2D eigenvalue weighted by atomic mass is 35.5. The van der Waals surface area contributed by atoms with Crippen molar-refractivity contribution in [1.29, 1.82) is 0 Å². The van der Waals surface area contributed by atoms with Gasteiger partial charge in [0, 0.05) is 36.4 Å². The number of ether oxygens (including phenoxy) is 1. The molecule has 3 rings (SSSR count). The Morgan fingerprint density at radius 2 is 2.04 bits per heavy atom. The van der Waals surface area contributed by atoms with Gasteiger partial charge in [0.15, 0.2) is 0 Å². The molecule has 1 aromatic carbocycles. The van der Waals surface area contributed by atoms with E-state index in [1.807, 2.05) is 0 Å². The molecular weight excluding hydrogens is 400 g/mol. The third-order valence-corrected chi connectivity index (χ3v) is 4.99. The van der Waals surface area contributed by atoms with Crippen LogP contribution in [0.1, 0.15) is 11.7 Å². The minimum atomic E-state index is -0.625. The predicted molar refractivity (Wildman–Crippen MR) is 97.6 cm³/mol. The number of aromatic nitrogens is 2. The number of hydrogen-bond donors (Lipinski definition) is 0. The van der Waals surface area contributed by atoms with Crippen molar-refractivity contribution in [2.24, 2.45) is 7.05 Å². The average molecular weight is 416 g/mol. The lowest BCUT2D eigenvalue weighted by atomic mass is 10.1. The lowest BCUT2D eigenvalue weighted by Crippen LogP contribution is -2.46. The van der Waals surface area contributed by atoms with Gasteiger partial charge in [-0.05, 0) is 12.1 Å². The monoisotopic (exact) mass is 415 g/mol. The lowest BCUT2D eigenvalue weighted by molar-refractivity contribution is -0.139. The number of nitrogens with zero attached hydrogens (tertiary/aromatic N) is 3. The number of carbonyl (C=O) groups is 1. The molecule has 10 heteroatoms. The van der Waals surface area contributed by atoms with E-state index in [4.69, 9.17) is 27.9 Å². The van der Waals surface area contributed by atoms with Crippen LogP contribution in [0.25, 0.3) is 0 Å². The van der Waals surface area contributed by atoms with E-state index in [0.29, 0.717) is 12.1 Å². The van der Waals surface area contributed by atoms with Crippen molar-refractivity contribution in [3.05, 3.63) is 66.7 Å². The standard InChI is InChI=1S/C17H16Cl2FN3O4/c1-21-15(24)2-3-23(17(21)26)9-16(25)22-4-5-27-14(8-22)10-6-13(20)12(19)7-11(10)18/h2-3,6-7,14H,4-5,8-9H2,1H3. The molecule has 1 atom stereocenters. The van der Waals surface area contributed by atoms with Crippen LogP contribution in [0.5, 0.6) is 0 Å². The van der Waals surface area contributed by atoms with Crippen LogP contribution < -0.4 is 11.2 Å². The minimum absolute atomic E-state index is 0.0958. The summed E-state index contributed by atoms with van der Waals surface area (Å²) < 4.78 is 21.5. The SMILES string of the molecule is Cn1c(=O)ccn(CC(=O)N2CCOC(c3cc(F)c(Cl)cc3Cl)C2)c1=O. The molecule has 1 aliphatic heterocycles. The highest BCUT2D eigenvalue weighted by Crippen LogP contribution is 2.32. The van der Waals surface area contributed by atoms with E-state index in [-0.39, 0.29) is 35.6 Å². The molecule has 1 fully saturated rings. The summed E-state index contributed by atoms with van der Waals surface area (Å²) in [5.74, 6) is -0.950. The van der Waals surface area contributed by atoms with Crippen LogP contribution in [-0.2, 0) is 23.1 Å². The summed E-state index contributed by atoms with van der Waals surface area (Å²) in [7, 11) is 1.34. The fourth-order valence-electron chi connectivity index (χ4n) is 2.83. The highest BCUT2D eigenvalue weighted by molar-refractivity contribution is 6.35. The summed E-state index contributed by atoms with van der Waals surface area (Å²) >= 11 is 11.8. The Hall–Kier alpha value is -2.16. The van der Waals surface area contributed by atoms with E-state index < -0.39 is 23.2 Å². The van der Waals surface area contributed by atoms with E-state index in [9.17, 15) is 18.8 Å². The molecule has 27 heavy (non-hydrogen) atoms. The van der Waals surface area contributed by atoms with Gasteiger partial charge in [0.2, 0.25) is 5.91 Å². The molecule has 0 radical (unpaired) electrons. The summed E-state index contributed by atoms with van der Waals surface area (Å²) in [5, 5.41) is 0.150. The Kier molecular flexibility index (Phi) is 5.69. The molecule has 1 aromatic heterocycles. The summed E-state index contributed by atoms with van der Waals surface area (Å²) in [4.78, 5) is 37.6. The zero-order valence-electron chi connectivity index (χ0n) is 14.3. The van der Waals surface area contributed by atoms with Crippen LogP contribution in [0, 0.1) is 5.82 Å². The third kappa shape index (κ3) is 4.07. The van der Waals surface area contributed by atoms with Crippen molar-refractivity contribution in [2.75, 3.05) is 19.7 Å². The molecule has 1 saturated heterocycles. The average Bonchev–Trinajstić information content (AvgIpc) is 2.65. The topological polar surface area (TPSA) is 73.5 Å². The van der Waals surface area contributed by atoms with Crippen molar-refractivity contribution in [3.8, 4) is 0 Å². The van der Waals surface area contributed by atoms with Crippen LogP contribution in [0.4, 0.5) is 4.39 Å². The summed E-state index contributed by atoms with van der Waals surface area (Å²) in [6, 6.07) is 3.70. The number of hydrogen-bond acceptors (Lipinski definition) is 4. The summed E-state index contributed by atoms with van der Waals surface area (Å²) in [6.45, 7) is 0.491. The second-order valence-electron chi connectivity index (χ2n) is 6.11. The zero-order valence-corrected chi connectivity index (χ0v) is 15.8. The maximum atomic E-state index is 13.8. The smallest absolute Gasteiger partial charge is 0.331 e. The van der Waals surface area contributed by atoms with Crippen molar-refractivity contribution >= 4 is 29.1 Å². The van der Waals surface area contributed by atoms with Gasteiger partial charge in [0.05, 0.1) is 18.2 Å². The van der Waals surface area contributed by atoms with Gasteiger partial charge in [0.25, 0.3) is 5.56 Å². The van der Waals surface area contributed by atoms with Gasteiger partial charge in [-0.3, -0.25) is 18.7 Å². The molecular formula is C17H16Cl2FN3O4. The fourth-order valence-corrected chi connectivity index (χ4v) is 3.34. The number of rotatable bonds is 3. The Morgan fingerprint density at radius 3 is 2.78 bits per heavy atom. The Bertz CT molecular complexity index is 1000. The Labute approximate surface area is 163 Å². The van der Waals surface area contributed by atoms with E-state index in [1.54, 1.807) is 0 Å². The van der Waals surface area contributed by atoms with Crippen LogP contribution >= 0.6 is 23.2 Å². The normalized spacial score (nSPS) is 17.2. The number of halogens is 3. The van der Waals surface area contributed by atoms with Gasteiger partial charge in [-0.15, -0.1) is 0 Å². The van der Waals surface area contributed by atoms with E-state index in [2.05, 4.69) is 0 Å². The van der Waals surface area contributed by atoms with Crippen molar-refractivity contribution < 1.29 is 13.9 Å².